The van der Waals surface area contributed by atoms with E-state index in [0.717, 1.165) is 32.5 Å². The Balaban J connectivity index is 2.32. The molecular weight excluding hydrogens is 326 g/mol. The molecule has 0 aromatic rings. The lowest BCUT2D eigenvalue weighted by molar-refractivity contribution is -0.132. The fourth-order valence-corrected chi connectivity index (χ4v) is 3.73. The summed E-state index contributed by atoms with van der Waals surface area (Å²) in [6, 6.07) is 0. The van der Waals surface area contributed by atoms with E-state index in [9.17, 15) is 9.59 Å². The van der Waals surface area contributed by atoms with Gasteiger partial charge in [0.05, 0.1) is 6.54 Å². The first-order chi connectivity index (χ1) is 12.5. The van der Waals surface area contributed by atoms with Gasteiger partial charge in [0.25, 0.3) is 0 Å². The van der Waals surface area contributed by atoms with Crippen molar-refractivity contribution in [3.63, 3.8) is 0 Å². The van der Waals surface area contributed by atoms with Gasteiger partial charge in [0.1, 0.15) is 0 Å². The summed E-state index contributed by atoms with van der Waals surface area (Å²) in [5.41, 5.74) is 0. The van der Waals surface area contributed by atoms with E-state index in [1.54, 1.807) is 0 Å². The lowest BCUT2D eigenvalue weighted by Crippen LogP contribution is -2.42. The summed E-state index contributed by atoms with van der Waals surface area (Å²) >= 11 is 0. The van der Waals surface area contributed by atoms with Crippen LogP contribution in [0.2, 0.25) is 0 Å². The van der Waals surface area contributed by atoms with Crippen molar-refractivity contribution in [2.75, 3.05) is 46.8 Å². The van der Waals surface area contributed by atoms with Gasteiger partial charge in [-0.15, -0.1) is 0 Å². The van der Waals surface area contributed by atoms with E-state index in [4.69, 9.17) is 0 Å². The van der Waals surface area contributed by atoms with Crippen LogP contribution in [0.25, 0.3) is 0 Å². The third-order valence-electron chi connectivity index (χ3n) is 5.43. The fourth-order valence-electron chi connectivity index (χ4n) is 3.73. The SMILES string of the molecule is CCCN(CCC)C(=O)CN(C)CCN(C)C(=O)CC1CCCCCC1. The van der Waals surface area contributed by atoms with Crippen molar-refractivity contribution in [1.29, 1.82) is 0 Å². The van der Waals surface area contributed by atoms with Gasteiger partial charge in [-0.05, 0) is 38.6 Å². The van der Waals surface area contributed by atoms with Crippen LogP contribution in [-0.2, 0) is 9.59 Å². The normalized spacial score (nSPS) is 15.7. The number of rotatable bonds is 11. The van der Waals surface area contributed by atoms with Gasteiger partial charge in [0.2, 0.25) is 11.8 Å². The van der Waals surface area contributed by atoms with Gasteiger partial charge in [0, 0.05) is 39.6 Å². The molecule has 0 spiro atoms. The summed E-state index contributed by atoms with van der Waals surface area (Å²) in [6.45, 7) is 7.75. The molecule has 1 saturated carbocycles. The second-order valence-electron chi connectivity index (χ2n) is 8.00. The van der Waals surface area contributed by atoms with Gasteiger partial charge < -0.3 is 9.80 Å². The van der Waals surface area contributed by atoms with Gasteiger partial charge in [-0.3, -0.25) is 14.5 Å². The molecule has 1 aliphatic rings. The molecule has 5 heteroatoms. The topological polar surface area (TPSA) is 43.9 Å². The zero-order valence-electron chi connectivity index (χ0n) is 17.6. The molecule has 0 aromatic carbocycles. The van der Waals surface area contributed by atoms with Gasteiger partial charge in [-0.25, -0.2) is 0 Å². The number of nitrogens with zero attached hydrogens (tertiary/aromatic N) is 3. The Bertz CT molecular complexity index is 400. The van der Waals surface area contributed by atoms with E-state index in [1.165, 1.54) is 38.5 Å². The smallest absolute Gasteiger partial charge is 0.236 e. The Kier molecular flexibility index (Phi) is 11.6. The number of amides is 2. The maximum Gasteiger partial charge on any atom is 0.236 e. The lowest BCUT2D eigenvalue weighted by Gasteiger charge is -2.26. The Labute approximate surface area is 161 Å². The molecule has 5 nitrogen and oxygen atoms in total. The molecule has 0 radical (unpaired) electrons. The van der Waals surface area contributed by atoms with Crippen molar-refractivity contribution in [3.05, 3.63) is 0 Å². The van der Waals surface area contributed by atoms with E-state index in [0.29, 0.717) is 25.4 Å². The van der Waals surface area contributed by atoms with E-state index < -0.39 is 0 Å². The van der Waals surface area contributed by atoms with E-state index in [1.807, 2.05) is 28.8 Å². The second-order valence-corrected chi connectivity index (χ2v) is 8.00. The minimum atomic E-state index is 0.198. The number of hydrogen-bond donors (Lipinski definition) is 0. The first-order valence-electron chi connectivity index (χ1n) is 10.7. The summed E-state index contributed by atoms with van der Waals surface area (Å²) in [7, 11) is 3.87. The zero-order valence-corrected chi connectivity index (χ0v) is 17.6. The van der Waals surface area contributed by atoms with Crippen molar-refractivity contribution in [1.82, 2.24) is 14.7 Å². The van der Waals surface area contributed by atoms with E-state index in [-0.39, 0.29) is 11.8 Å². The van der Waals surface area contributed by atoms with Crippen LogP contribution >= 0.6 is 0 Å². The van der Waals surface area contributed by atoms with Crippen LogP contribution in [0.1, 0.15) is 71.6 Å². The molecule has 0 unspecified atom stereocenters. The van der Waals surface area contributed by atoms with Gasteiger partial charge >= 0.3 is 0 Å². The maximum atomic E-state index is 12.5. The highest BCUT2D eigenvalue weighted by atomic mass is 16.2. The Morgan fingerprint density at radius 3 is 1.92 bits per heavy atom. The predicted molar refractivity (Wildman–Crippen MR) is 108 cm³/mol. The second kappa shape index (κ2) is 13.1. The first-order valence-corrected chi connectivity index (χ1v) is 10.7. The highest BCUT2D eigenvalue weighted by Crippen LogP contribution is 2.25. The average molecular weight is 368 g/mol. The first kappa shape index (κ1) is 22.9. The monoisotopic (exact) mass is 367 g/mol. The van der Waals surface area contributed by atoms with Crippen molar-refractivity contribution in [3.8, 4) is 0 Å². The van der Waals surface area contributed by atoms with Crippen LogP contribution in [0.4, 0.5) is 0 Å². The molecule has 0 saturated heterocycles. The number of carbonyl (C=O) groups excluding carboxylic acids is 2. The Hall–Kier alpha value is -1.10. The highest BCUT2D eigenvalue weighted by molar-refractivity contribution is 5.78. The number of hydrogen-bond acceptors (Lipinski definition) is 3. The third kappa shape index (κ3) is 9.02. The minimum Gasteiger partial charge on any atom is -0.344 e. The summed E-state index contributed by atoms with van der Waals surface area (Å²) in [5.74, 6) is 1.03. The lowest BCUT2D eigenvalue weighted by atomic mass is 9.96. The molecule has 1 rings (SSSR count). The molecule has 1 aliphatic carbocycles. The van der Waals surface area contributed by atoms with Crippen molar-refractivity contribution >= 4 is 11.8 Å². The summed E-state index contributed by atoms with van der Waals surface area (Å²) in [4.78, 5) is 30.7. The van der Waals surface area contributed by atoms with Crippen LogP contribution in [0, 0.1) is 5.92 Å². The molecule has 2 amide bonds. The van der Waals surface area contributed by atoms with Crippen LogP contribution in [0.5, 0.6) is 0 Å². The molecule has 0 aromatic heterocycles. The molecule has 26 heavy (non-hydrogen) atoms. The Morgan fingerprint density at radius 1 is 0.808 bits per heavy atom. The summed E-state index contributed by atoms with van der Waals surface area (Å²) < 4.78 is 0. The van der Waals surface area contributed by atoms with Crippen molar-refractivity contribution in [2.45, 2.75) is 71.6 Å². The van der Waals surface area contributed by atoms with Crippen molar-refractivity contribution in [2.24, 2.45) is 5.92 Å². The molecule has 0 heterocycles. The van der Waals surface area contributed by atoms with Gasteiger partial charge in [-0.2, -0.15) is 0 Å². The summed E-state index contributed by atoms with van der Waals surface area (Å²) in [5, 5.41) is 0. The number of carbonyl (C=O) groups is 2. The largest absolute Gasteiger partial charge is 0.344 e. The van der Waals surface area contributed by atoms with Crippen molar-refractivity contribution < 1.29 is 9.59 Å². The maximum absolute atomic E-state index is 12.5. The van der Waals surface area contributed by atoms with E-state index >= 15 is 0 Å². The zero-order chi connectivity index (χ0) is 19.4. The van der Waals surface area contributed by atoms with Crippen LogP contribution < -0.4 is 0 Å². The molecule has 0 aliphatic heterocycles. The highest BCUT2D eigenvalue weighted by Gasteiger charge is 2.19. The van der Waals surface area contributed by atoms with Gasteiger partial charge in [-0.1, -0.05) is 39.5 Å². The minimum absolute atomic E-state index is 0.198. The molecule has 0 bridgehead atoms. The molecule has 0 N–H and O–H groups in total. The van der Waals surface area contributed by atoms with Gasteiger partial charge in [0.15, 0.2) is 0 Å². The van der Waals surface area contributed by atoms with Crippen LogP contribution in [0.15, 0.2) is 0 Å². The molecule has 152 valence electrons. The quantitative estimate of drug-likeness (QED) is 0.526. The molecular formula is C21H41N3O2. The molecule has 0 atom stereocenters. The van der Waals surface area contributed by atoms with Crippen LogP contribution in [-0.4, -0.2) is 73.3 Å². The standard InChI is InChI=1S/C21H41N3O2/c1-5-13-24(14-6-2)21(26)18-22(3)15-16-23(4)20(25)17-19-11-9-7-8-10-12-19/h19H,5-18H2,1-4H3. The summed E-state index contributed by atoms with van der Waals surface area (Å²) in [6.07, 6.45) is 10.3. The van der Waals surface area contributed by atoms with E-state index in [2.05, 4.69) is 13.8 Å². The predicted octanol–water partition coefficient (Wildman–Crippen LogP) is 3.39. The van der Waals surface area contributed by atoms with Crippen LogP contribution in [0.3, 0.4) is 0 Å². The number of likely N-dealkylation sites (N-methyl/N-ethyl adjacent to an activating group) is 2. The molecule has 1 fully saturated rings. The third-order valence-corrected chi connectivity index (χ3v) is 5.43. The fraction of sp³-hybridized carbons (Fsp3) is 0.905. The Morgan fingerprint density at radius 2 is 1.38 bits per heavy atom. The average Bonchev–Trinajstić information content (AvgIpc) is 2.88.